The van der Waals surface area contributed by atoms with Crippen LogP contribution < -0.4 is 19.7 Å². The van der Waals surface area contributed by atoms with E-state index in [-0.39, 0.29) is 18.9 Å². The zero-order valence-corrected chi connectivity index (χ0v) is 15.9. The van der Waals surface area contributed by atoms with Crippen molar-refractivity contribution in [3.63, 3.8) is 0 Å². The van der Waals surface area contributed by atoms with Crippen LogP contribution in [0.25, 0.3) is 0 Å². The van der Waals surface area contributed by atoms with E-state index in [1.165, 1.54) is 24.3 Å². The van der Waals surface area contributed by atoms with Gasteiger partial charge in [-0.3, -0.25) is 4.79 Å². The van der Waals surface area contributed by atoms with Gasteiger partial charge in [-0.25, -0.2) is 17.5 Å². The molecule has 7 nitrogen and oxygen atoms in total. The third-order valence-corrected chi connectivity index (χ3v) is 4.84. The first-order chi connectivity index (χ1) is 12.7. The zero-order chi connectivity index (χ0) is 19.9. The lowest BCUT2D eigenvalue weighted by atomic mass is 10.2. The highest BCUT2D eigenvalue weighted by molar-refractivity contribution is 7.89. The Morgan fingerprint density at radius 3 is 2.30 bits per heavy atom. The van der Waals surface area contributed by atoms with Crippen LogP contribution in [0.3, 0.4) is 0 Å². The molecule has 0 heterocycles. The molecule has 2 aromatic carbocycles. The van der Waals surface area contributed by atoms with Crippen LogP contribution in [0.5, 0.6) is 5.75 Å². The van der Waals surface area contributed by atoms with Crippen LogP contribution in [0.2, 0.25) is 0 Å². The molecule has 1 amide bonds. The summed E-state index contributed by atoms with van der Waals surface area (Å²) in [4.78, 5) is 13.8. The number of rotatable bonds is 9. The van der Waals surface area contributed by atoms with Gasteiger partial charge in [0.25, 0.3) is 0 Å². The molecule has 2 N–H and O–H groups in total. The molecular weight excluding hydrogens is 373 g/mol. The maximum Gasteiger partial charge on any atom is 0.239 e. The Morgan fingerprint density at radius 1 is 1.07 bits per heavy atom. The molecule has 0 saturated carbocycles. The maximum absolute atomic E-state index is 12.8. The van der Waals surface area contributed by atoms with Gasteiger partial charge in [0, 0.05) is 25.5 Å². The number of nitrogens with one attached hydrogen (secondary N) is 2. The number of ether oxygens (including phenoxy) is 1. The van der Waals surface area contributed by atoms with E-state index in [9.17, 15) is 17.6 Å². The fourth-order valence-electron chi connectivity index (χ4n) is 2.10. The number of anilines is 2. The quantitative estimate of drug-likeness (QED) is 0.676. The Balaban J connectivity index is 1.74. The van der Waals surface area contributed by atoms with Crippen molar-refractivity contribution in [1.82, 2.24) is 4.72 Å². The van der Waals surface area contributed by atoms with E-state index in [0.717, 1.165) is 5.69 Å². The summed E-state index contributed by atoms with van der Waals surface area (Å²) >= 11 is 0. The highest BCUT2D eigenvalue weighted by atomic mass is 32.2. The van der Waals surface area contributed by atoms with Crippen molar-refractivity contribution in [3.8, 4) is 5.75 Å². The van der Waals surface area contributed by atoms with E-state index in [1.54, 1.807) is 12.1 Å². The third kappa shape index (κ3) is 7.24. The molecule has 27 heavy (non-hydrogen) atoms. The number of hydrogen-bond acceptors (Lipinski definition) is 5. The first-order valence-corrected chi connectivity index (χ1v) is 9.83. The van der Waals surface area contributed by atoms with Crippen molar-refractivity contribution in [2.24, 2.45) is 0 Å². The molecule has 2 aromatic rings. The van der Waals surface area contributed by atoms with E-state index >= 15 is 0 Å². The second kappa shape index (κ2) is 9.33. The predicted molar refractivity (Wildman–Crippen MR) is 103 cm³/mol. The van der Waals surface area contributed by atoms with Gasteiger partial charge in [-0.1, -0.05) is 0 Å². The maximum atomic E-state index is 12.8. The Bertz CT molecular complexity index is 853. The molecule has 0 saturated heterocycles. The Hall–Kier alpha value is -2.65. The van der Waals surface area contributed by atoms with E-state index in [2.05, 4.69) is 10.0 Å². The number of amides is 1. The van der Waals surface area contributed by atoms with Gasteiger partial charge in [0.1, 0.15) is 18.2 Å². The van der Waals surface area contributed by atoms with Crippen LogP contribution >= 0.6 is 0 Å². The summed E-state index contributed by atoms with van der Waals surface area (Å²) in [5, 5.41) is 2.62. The molecule has 0 unspecified atom stereocenters. The molecule has 0 spiro atoms. The number of sulfonamides is 1. The van der Waals surface area contributed by atoms with Crippen LogP contribution in [-0.2, 0) is 14.8 Å². The fraction of sp³-hybridized carbons (Fsp3) is 0.278. The van der Waals surface area contributed by atoms with Crippen molar-refractivity contribution in [2.45, 2.75) is 0 Å². The Kier molecular flexibility index (Phi) is 7.14. The average Bonchev–Trinajstić information content (AvgIpc) is 2.62. The molecular formula is C18H22FN3O4S. The second-order valence-corrected chi connectivity index (χ2v) is 7.86. The van der Waals surface area contributed by atoms with Gasteiger partial charge in [0.2, 0.25) is 15.9 Å². The van der Waals surface area contributed by atoms with Gasteiger partial charge in [-0.15, -0.1) is 0 Å². The van der Waals surface area contributed by atoms with E-state index in [1.807, 2.05) is 31.1 Å². The lowest BCUT2D eigenvalue weighted by molar-refractivity contribution is -0.115. The van der Waals surface area contributed by atoms with Gasteiger partial charge in [-0.2, -0.15) is 0 Å². The third-order valence-electron chi connectivity index (χ3n) is 3.55. The molecule has 0 aromatic heterocycles. The van der Waals surface area contributed by atoms with Crippen LogP contribution in [0.1, 0.15) is 0 Å². The minimum atomic E-state index is -3.68. The molecule has 0 fully saturated rings. The van der Waals surface area contributed by atoms with Crippen LogP contribution in [-0.4, -0.2) is 47.3 Å². The lowest BCUT2D eigenvalue weighted by Crippen LogP contribution is -2.35. The highest BCUT2D eigenvalue weighted by Crippen LogP contribution is 2.15. The van der Waals surface area contributed by atoms with Gasteiger partial charge < -0.3 is 15.0 Å². The van der Waals surface area contributed by atoms with Crippen molar-refractivity contribution in [2.75, 3.05) is 43.2 Å². The van der Waals surface area contributed by atoms with Gasteiger partial charge in [0.05, 0.1) is 12.3 Å². The summed E-state index contributed by atoms with van der Waals surface area (Å²) in [5.41, 5.74) is 1.55. The topological polar surface area (TPSA) is 87.7 Å². The van der Waals surface area contributed by atoms with Gasteiger partial charge in [-0.05, 0) is 48.5 Å². The second-order valence-electron chi connectivity index (χ2n) is 5.93. The molecule has 146 valence electrons. The molecule has 0 aliphatic carbocycles. The van der Waals surface area contributed by atoms with Crippen molar-refractivity contribution < 1.29 is 22.3 Å². The summed E-state index contributed by atoms with van der Waals surface area (Å²) in [7, 11) is 0.128. The highest BCUT2D eigenvalue weighted by Gasteiger charge is 2.13. The molecule has 0 aliphatic rings. The van der Waals surface area contributed by atoms with E-state index in [4.69, 9.17) is 4.74 Å². The van der Waals surface area contributed by atoms with E-state index in [0.29, 0.717) is 11.4 Å². The van der Waals surface area contributed by atoms with Crippen molar-refractivity contribution >= 4 is 27.3 Å². The predicted octanol–water partition coefficient (Wildman–Crippen LogP) is 1.83. The number of nitrogens with zero attached hydrogens (tertiary/aromatic N) is 1. The number of carbonyl (C=O) groups excluding carboxylic acids is 1. The first-order valence-electron chi connectivity index (χ1n) is 8.18. The Morgan fingerprint density at radius 2 is 1.70 bits per heavy atom. The SMILES string of the molecule is CN(C)c1ccc(NC(=O)CNS(=O)(=O)CCOc2ccc(F)cc2)cc1. The lowest BCUT2D eigenvalue weighted by Gasteiger charge is -2.13. The molecule has 0 radical (unpaired) electrons. The molecule has 0 aliphatic heterocycles. The van der Waals surface area contributed by atoms with Gasteiger partial charge >= 0.3 is 0 Å². The van der Waals surface area contributed by atoms with Crippen LogP contribution in [0.15, 0.2) is 48.5 Å². The Labute approximate surface area is 158 Å². The van der Waals surface area contributed by atoms with Gasteiger partial charge in [0.15, 0.2) is 0 Å². The number of carbonyl (C=O) groups is 1. The number of hydrogen-bond donors (Lipinski definition) is 2. The first kappa shape index (κ1) is 20.7. The number of benzene rings is 2. The minimum Gasteiger partial charge on any atom is -0.492 e. The monoisotopic (exact) mass is 395 g/mol. The van der Waals surface area contributed by atoms with E-state index < -0.39 is 21.7 Å². The molecule has 2 rings (SSSR count). The minimum absolute atomic E-state index is 0.116. The fourth-order valence-corrected chi connectivity index (χ4v) is 2.89. The summed E-state index contributed by atoms with van der Waals surface area (Å²) in [6.07, 6.45) is 0. The van der Waals surface area contributed by atoms with Crippen molar-refractivity contribution in [3.05, 3.63) is 54.3 Å². The summed E-state index contributed by atoms with van der Waals surface area (Å²) < 4.78 is 44.1. The summed E-state index contributed by atoms with van der Waals surface area (Å²) in [6, 6.07) is 12.4. The summed E-state index contributed by atoms with van der Waals surface area (Å²) in [5.74, 6) is -0.838. The molecule has 0 bridgehead atoms. The molecule has 0 atom stereocenters. The smallest absolute Gasteiger partial charge is 0.239 e. The summed E-state index contributed by atoms with van der Waals surface area (Å²) in [6.45, 7) is -0.497. The van der Waals surface area contributed by atoms with Crippen molar-refractivity contribution in [1.29, 1.82) is 0 Å². The normalized spacial score (nSPS) is 11.1. The zero-order valence-electron chi connectivity index (χ0n) is 15.1. The van der Waals surface area contributed by atoms with Crippen LogP contribution in [0.4, 0.5) is 15.8 Å². The largest absolute Gasteiger partial charge is 0.492 e. The molecule has 9 heteroatoms. The number of halogens is 1. The van der Waals surface area contributed by atoms with Crippen LogP contribution in [0, 0.1) is 5.82 Å². The standard InChI is InChI=1S/C18H22FN3O4S/c1-22(2)16-7-5-15(6-8-16)21-18(23)13-20-27(24,25)12-11-26-17-9-3-14(19)4-10-17/h3-10,20H,11-13H2,1-2H3,(H,21,23). The average molecular weight is 395 g/mol.